The normalized spacial score (nSPS) is 9.79. The first-order valence-corrected chi connectivity index (χ1v) is 4.37. The average molecular weight is 195 g/mol. The van der Waals surface area contributed by atoms with Crippen LogP contribution in [0.3, 0.4) is 0 Å². The first-order chi connectivity index (χ1) is 6.74. The molecule has 14 heavy (non-hydrogen) atoms. The molecule has 5 heteroatoms. The van der Waals surface area contributed by atoms with Gasteiger partial charge in [0.25, 0.3) is 0 Å². The maximum absolute atomic E-state index is 10.6. The summed E-state index contributed by atoms with van der Waals surface area (Å²) < 4.78 is 0. The minimum absolute atomic E-state index is 0.232. The molecule has 0 bridgehead atoms. The fourth-order valence-corrected chi connectivity index (χ4v) is 0.979. The van der Waals surface area contributed by atoms with E-state index in [9.17, 15) is 4.79 Å². The number of carbonyl (C=O) groups is 1. The van der Waals surface area contributed by atoms with Crippen LogP contribution in [-0.4, -0.2) is 29.1 Å². The molecule has 0 aliphatic rings. The lowest BCUT2D eigenvalue weighted by atomic mass is 10.2. The largest absolute Gasteiger partial charge is 0.478 e. The summed E-state index contributed by atoms with van der Waals surface area (Å²) in [5.41, 5.74) is 5.55. The second kappa shape index (κ2) is 5.18. The van der Waals surface area contributed by atoms with Gasteiger partial charge < -0.3 is 16.2 Å². The number of hydrogen-bond acceptors (Lipinski definition) is 4. The highest BCUT2D eigenvalue weighted by Crippen LogP contribution is 2.06. The third-order valence-electron chi connectivity index (χ3n) is 1.69. The Labute approximate surface area is 82.0 Å². The third kappa shape index (κ3) is 3.02. The number of aromatic carboxylic acids is 1. The number of carboxylic acids is 1. The van der Waals surface area contributed by atoms with E-state index in [1.54, 1.807) is 0 Å². The molecular weight excluding hydrogens is 182 g/mol. The smallest absolute Gasteiger partial charge is 0.335 e. The van der Waals surface area contributed by atoms with Gasteiger partial charge in [0.1, 0.15) is 5.82 Å². The van der Waals surface area contributed by atoms with Crippen LogP contribution in [0.25, 0.3) is 0 Å². The SMILES string of the molecule is NCCCNc1cc(C(=O)O)ccn1. The molecule has 0 atom stereocenters. The Kier molecular flexibility index (Phi) is 3.87. The summed E-state index contributed by atoms with van der Waals surface area (Å²) in [5, 5.41) is 11.7. The quantitative estimate of drug-likeness (QED) is 0.597. The molecule has 0 aromatic carbocycles. The Hall–Kier alpha value is -1.62. The molecule has 0 saturated carbocycles. The van der Waals surface area contributed by atoms with Crippen molar-refractivity contribution in [2.24, 2.45) is 5.73 Å². The van der Waals surface area contributed by atoms with Crippen LogP contribution in [0, 0.1) is 0 Å². The van der Waals surface area contributed by atoms with Crippen molar-refractivity contribution >= 4 is 11.8 Å². The zero-order chi connectivity index (χ0) is 10.4. The Balaban J connectivity index is 2.59. The summed E-state index contributed by atoms with van der Waals surface area (Å²) in [7, 11) is 0. The number of aromatic nitrogens is 1. The molecule has 5 nitrogen and oxygen atoms in total. The third-order valence-corrected chi connectivity index (χ3v) is 1.69. The lowest BCUT2D eigenvalue weighted by Crippen LogP contribution is -2.09. The van der Waals surface area contributed by atoms with Crippen LogP contribution < -0.4 is 11.1 Å². The molecule has 0 spiro atoms. The minimum Gasteiger partial charge on any atom is -0.478 e. The van der Waals surface area contributed by atoms with Crippen LogP contribution in [0.2, 0.25) is 0 Å². The molecule has 1 rings (SSSR count). The van der Waals surface area contributed by atoms with Crippen LogP contribution >= 0.6 is 0 Å². The molecule has 1 heterocycles. The van der Waals surface area contributed by atoms with Gasteiger partial charge in [-0.3, -0.25) is 0 Å². The molecule has 0 amide bonds. The van der Waals surface area contributed by atoms with Crippen molar-refractivity contribution in [1.82, 2.24) is 4.98 Å². The van der Waals surface area contributed by atoms with Crippen molar-refractivity contribution < 1.29 is 9.90 Å². The molecule has 0 saturated heterocycles. The molecule has 76 valence electrons. The van der Waals surface area contributed by atoms with E-state index in [-0.39, 0.29) is 5.56 Å². The van der Waals surface area contributed by atoms with Gasteiger partial charge in [0, 0.05) is 12.7 Å². The number of pyridine rings is 1. The minimum atomic E-state index is -0.950. The number of hydrogen-bond donors (Lipinski definition) is 3. The molecule has 0 aliphatic heterocycles. The highest BCUT2D eigenvalue weighted by atomic mass is 16.4. The summed E-state index contributed by atoms with van der Waals surface area (Å²) in [5.74, 6) is -0.382. The van der Waals surface area contributed by atoms with Gasteiger partial charge >= 0.3 is 5.97 Å². The van der Waals surface area contributed by atoms with Crippen molar-refractivity contribution in [3.8, 4) is 0 Å². The summed E-state index contributed by atoms with van der Waals surface area (Å²) in [6.07, 6.45) is 2.30. The second-order valence-corrected chi connectivity index (χ2v) is 2.80. The van der Waals surface area contributed by atoms with Gasteiger partial charge in [-0.25, -0.2) is 9.78 Å². The molecule has 1 aromatic heterocycles. The highest BCUT2D eigenvalue weighted by Gasteiger charge is 2.02. The molecular formula is C9H13N3O2. The van der Waals surface area contributed by atoms with E-state index in [0.29, 0.717) is 18.9 Å². The van der Waals surface area contributed by atoms with Crippen LogP contribution in [-0.2, 0) is 0 Å². The van der Waals surface area contributed by atoms with Crippen molar-refractivity contribution in [3.05, 3.63) is 23.9 Å². The van der Waals surface area contributed by atoms with Gasteiger partial charge in [-0.05, 0) is 25.1 Å². The number of nitrogens with two attached hydrogens (primary N) is 1. The van der Waals surface area contributed by atoms with E-state index in [4.69, 9.17) is 10.8 Å². The van der Waals surface area contributed by atoms with Crippen molar-refractivity contribution in [1.29, 1.82) is 0 Å². The van der Waals surface area contributed by atoms with Crippen molar-refractivity contribution in [3.63, 3.8) is 0 Å². The first-order valence-electron chi connectivity index (χ1n) is 4.37. The molecule has 0 aliphatic carbocycles. The van der Waals surface area contributed by atoms with Crippen molar-refractivity contribution in [2.75, 3.05) is 18.4 Å². The average Bonchev–Trinajstić information content (AvgIpc) is 2.19. The summed E-state index contributed by atoms with van der Waals surface area (Å²) in [6.45, 7) is 1.30. The Morgan fingerprint density at radius 3 is 3.07 bits per heavy atom. The number of anilines is 1. The standard InChI is InChI=1S/C9H13N3O2/c10-3-1-4-11-8-6-7(9(13)14)2-5-12-8/h2,5-6H,1,3-4,10H2,(H,11,12)(H,13,14). The molecule has 4 N–H and O–H groups in total. The fourth-order valence-electron chi connectivity index (χ4n) is 0.979. The fraction of sp³-hybridized carbons (Fsp3) is 0.333. The Morgan fingerprint density at radius 2 is 2.43 bits per heavy atom. The Bertz CT molecular complexity index is 315. The maximum Gasteiger partial charge on any atom is 0.335 e. The summed E-state index contributed by atoms with van der Waals surface area (Å²) in [4.78, 5) is 14.6. The summed E-state index contributed by atoms with van der Waals surface area (Å²) in [6, 6.07) is 2.95. The lowest BCUT2D eigenvalue weighted by Gasteiger charge is -2.04. The van der Waals surface area contributed by atoms with Crippen LogP contribution in [0.5, 0.6) is 0 Å². The van der Waals surface area contributed by atoms with Gasteiger partial charge in [-0.1, -0.05) is 0 Å². The number of carboxylic acid groups (broad SMARTS) is 1. The highest BCUT2D eigenvalue weighted by molar-refractivity contribution is 5.88. The van der Waals surface area contributed by atoms with Crippen LogP contribution in [0.4, 0.5) is 5.82 Å². The van der Waals surface area contributed by atoms with Crippen molar-refractivity contribution in [2.45, 2.75) is 6.42 Å². The van der Waals surface area contributed by atoms with E-state index in [0.717, 1.165) is 6.42 Å². The second-order valence-electron chi connectivity index (χ2n) is 2.80. The monoisotopic (exact) mass is 195 g/mol. The zero-order valence-electron chi connectivity index (χ0n) is 7.73. The van der Waals surface area contributed by atoms with Gasteiger partial charge in [0.15, 0.2) is 0 Å². The molecule has 0 unspecified atom stereocenters. The van der Waals surface area contributed by atoms with E-state index in [1.807, 2.05) is 0 Å². The van der Waals surface area contributed by atoms with Crippen LogP contribution in [0.15, 0.2) is 18.3 Å². The van der Waals surface area contributed by atoms with Gasteiger partial charge in [-0.2, -0.15) is 0 Å². The Morgan fingerprint density at radius 1 is 1.64 bits per heavy atom. The topological polar surface area (TPSA) is 88.2 Å². The van der Waals surface area contributed by atoms with Gasteiger partial charge in [-0.15, -0.1) is 0 Å². The van der Waals surface area contributed by atoms with E-state index in [1.165, 1.54) is 18.3 Å². The van der Waals surface area contributed by atoms with E-state index >= 15 is 0 Å². The predicted octanol–water partition coefficient (Wildman–Crippen LogP) is 0.540. The van der Waals surface area contributed by atoms with Crippen LogP contribution in [0.1, 0.15) is 16.8 Å². The predicted molar refractivity (Wildman–Crippen MR) is 53.4 cm³/mol. The molecule has 0 fully saturated rings. The zero-order valence-corrected chi connectivity index (χ0v) is 7.73. The van der Waals surface area contributed by atoms with E-state index in [2.05, 4.69) is 10.3 Å². The molecule has 0 radical (unpaired) electrons. The maximum atomic E-state index is 10.6. The lowest BCUT2D eigenvalue weighted by molar-refractivity contribution is 0.0697. The summed E-state index contributed by atoms with van der Waals surface area (Å²) >= 11 is 0. The first kappa shape index (κ1) is 10.5. The van der Waals surface area contributed by atoms with Gasteiger partial charge in [0.05, 0.1) is 5.56 Å². The van der Waals surface area contributed by atoms with Gasteiger partial charge in [0.2, 0.25) is 0 Å². The molecule has 1 aromatic rings. The number of nitrogens with zero attached hydrogens (tertiary/aromatic N) is 1. The number of rotatable bonds is 5. The van der Waals surface area contributed by atoms with E-state index < -0.39 is 5.97 Å². The number of nitrogens with one attached hydrogen (secondary N) is 1.